The van der Waals surface area contributed by atoms with Gasteiger partial charge in [-0.15, -0.1) is 0 Å². The second-order valence-electron chi connectivity index (χ2n) is 6.53. The van der Waals surface area contributed by atoms with Gasteiger partial charge in [-0.25, -0.2) is 4.79 Å². The molecule has 0 bridgehead atoms. The van der Waals surface area contributed by atoms with Crippen molar-refractivity contribution in [3.8, 4) is 0 Å². The van der Waals surface area contributed by atoms with Crippen LogP contribution in [0.25, 0.3) is 0 Å². The van der Waals surface area contributed by atoms with Crippen LogP contribution in [0.15, 0.2) is 0 Å². The van der Waals surface area contributed by atoms with Crippen LogP contribution in [0.3, 0.4) is 0 Å². The molecule has 0 saturated carbocycles. The lowest BCUT2D eigenvalue weighted by molar-refractivity contribution is -0.143. The van der Waals surface area contributed by atoms with Crippen LogP contribution in [0.4, 0.5) is 0 Å². The zero-order valence-corrected chi connectivity index (χ0v) is 14.4. The first-order valence-electron chi connectivity index (χ1n) is 7.74. The lowest BCUT2D eigenvalue weighted by Gasteiger charge is -2.26. The molecule has 4 atom stereocenters. The highest BCUT2D eigenvalue weighted by Gasteiger charge is 2.31. The molecule has 0 fully saturated rings. The fourth-order valence-corrected chi connectivity index (χ4v) is 1.96. The normalized spacial score (nSPS) is 16.6. The highest BCUT2D eigenvalue weighted by atomic mass is 16.4. The number of carbonyl (C=O) groups excluding carboxylic acids is 2. The summed E-state index contributed by atoms with van der Waals surface area (Å²) in [6.45, 7) is 8.52. The van der Waals surface area contributed by atoms with Crippen LogP contribution in [0.1, 0.15) is 41.0 Å². The van der Waals surface area contributed by atoms with Gasteiger partial charge in [-0.1, -0.05) is 27.7 Å². The number of carboxylic acid groups (broad SMARTS) is 1. The average molecular weight is 331 g/mol. The maximum atomic E-state index is 12.3. The van der Waals surface area contributed by atoms with Gasteiger partial charge in [0.05, 0.1) is 6.10 Å². The minimum Gasteiger partial charge on any atom is -0.480 e. The number of hydrogen-bond donors (Lipinski definition) is 5. The van der Waals surface area contributed by atoms with Crippen molar-refractivity contribution in [2.75, 3.05) is 0 Å². The molecule has 2 amide bonds. The Morgan fingerprint density at radius 3 is 1.87 bits per heavy atom. The number of amides is 2. The predicted molar refractivity (Wildman–Crippen MR) is 85.4 cm³/mol. The summed E-state index contributed by atoms with van der Waals surface area (Å²) >= 11 is 0. The van der Waals surface area contributed by atoms with Gasteiger partial charge < -0.3 is 26.6 Å². The van der Waals surface area contributed by atoms with E-state index in [1.807, 2.05) is 13.8 Å². The largest absolute Gasteiger partial charge is 0.480 e. The molecule has 0 heterocycles. The van der Waals surface area contributed by atoms with E-state index in [1.165, 1.54) is 6.92 Å². The van der Waals surface area contributed by atoms with E-state index >= 15 is 0 Å². The van der Waals surface area contributed by atoms with E-state index in [9.17, 15) is 24.6 Å². The van der Waals surface area contributed by atoms with Gasteiger partial charge in [0.25, 0.3) is 0 Å². The Labute approximate surface area is 136 Å². The maximum absolute atomic E-state index is 12.3. The zero-order chi connectivity index (χ0) is 18.3. The Morgan fingerprint density at radius 1 is 1.00 bits per heavy atom. The number of nitrogens with one attached hydrogen (secondary N) is 2. The molecule has 0 saturated heterocycles. The van der Waals surface area contributed by atoms with Gasteiger partial charge in [0.2, 0.25) is 11.8 Å². The second kappa shape index (κ2) is 9.46. The van der Waals surface area contributed by atoms with E-state index < -0.39 is 42.0 Å². The van der Waals surface area contributed by atoms with Crippen LogP contribution in [0.5, 0.6) is 0 Å². The SMILES string of the molecule is CC(C)C[C@@H](NC(=O)[C@@H](NC(=O)[C@@H](N)[C@@H](C)O)C(C)C)C(=O)O. The number of aliphatic carboxylic acids is 1. The van der Waals surface area contributed by atoms with Crippen molar-refractivity contribution >= 4 is 17.8 Å². The van der Waals surface area contributed by atoms with Gasteiger partial charge in [0, 0.05) is 0 Å². The van der Waals surface area contributed by atoms with Gasteiger partial charge in [-0.05, 0) is 25.2 Å². The molecule has 8 nitrogen and oxygen atoms in total. The van der Waals surface area contributed by atoms with Gasteiger partial charge >= 0.3 is 5.97 Å². The van der Waals surface area contributed by atoms with Crippen molar-refractivity contribution in [2.45, 2.75) is 65.3 Å². The smallest absolute Gasteiger partial charge is 0.326 e. The minimum atomic E-state index is -1.16. The average Bonchev–Trinajstić information content (AvgIpc) is 2.41. The third-order valence-electron chi connectivity index (χ3n) is 3.39. The number of carbonyl (C=O) groups is 3. The Bertz CT molecular complexity index is 423. The molecule has 0 radical (unpaired) electrons. The predicted octanol–water partition coefficient (Wildman–Crippen LogP) is -0.549. The van der Waals surface area contributed by atoms with Gasteiger partial charge in [-0.3, -0.25) is 9.59 Å². The number of aliphatic hydroxyl groups is 1. The topological polar surface area (TPSA) is 142 Å². The van der Waals surface area contributed by atoms with Crippen molar-refractivity contribution in [3.05, 3.63) is 0 Å². The van der Waals surface area contributed by atoms with E-state index in [4.69, 9.17) is 5.73 Å². The molecule has 0 aliphatic heterocycles. The summed E-state index contributed by atoms with van der Waals surface area (Å²) < 4.78 is 0. The number of carboxylic acids is 1. The highest BCUT2D eigenvalue weighted by Crippen LogP contribution is 2.08. The summed E-state index contributed by atoms with van der Waals surface area (Å²) in [7, 11) is 0. The highest BCUT2D eigenvalue weighted by molar-refractivity contribution is 5.92. The number of nitrogens with two attached hydrogens (primary N) is 1. The first kappa shape index (κ1) is 21.3. The summed E-state index contributed by atoms with van der Waals surface area (Å²) in [5.74, 6) is -2.55. The number of aliphatic hydroxyl groups excluding tert-OH is 1. The molecule has 8 heteroatoms. The molecule has 0 aliphatic rings. The van der Waals surface area contributed by atoms with Crippen molar-refractivity contribution in [1.82, 2.24) is 10.6 Å². The van der Waals surface area contributed by atoms with E-state index in [1.54, 1.807) is 13.8 Å². The van der Waals surface area contributed by atoms with Crippen molar-refractivity contribution in [3.63, 3.8) is 0 Å². The van der Waals surface area contributed by atoms with Crippen molar-refractivity contribution in [1.29, 1.82) is 0 Å². The molecule has 0 aromatic rings. The second-order valence-corrected chi connectivity index (χ2v) is 6.53. The van der Waals surface area contributed by atoms with E-state index in [2.05, 4.69) is 10.6 Å². The van der Waals surface area contributed by atoms with Crippen molar-refractivity contribution < 1.29 is 24.6 Å². The van der Waals surface area contributed by atoms with Crippen LogP contribution in [0.2, 0.25) is 0 Å². The monoisotopic (exact) mass is 331 g/mol. The Balaban J connectivity index is 4.98. The van der Waals surface area contributed by atoms with Crippen LogP contribution in [0, 0.1) is 11.8 Å². The van der Waals surface area contributed by atoms with Crippen LogP contribution >= 0.6 is 0 Å². The molecule has 0 rings (SSSR count). The van der Waals surface area contributed by atoms with Gasteiger partial charge in [0.15, 0.2) is 0 Å². The molecule has 23 heavy (non-hydrogen) atoms. The fourth-order valence-electron chi connectivity index (χ4n) is 1.96. The molecule has 6 N–H and O–H groups in total. The summed E-state index contributed by atoms with van der Waals surface area (Å²) in [5, 5.41) is 23.4. The minimum absolute atomic E-state index is 0.0900. The summed E-state index contributed by atoms with van der Waals surface area (Å²) in [4.78, 5) is 35.5. The summed E-state index contributed by atoms with van der Waals surface area (Å²) in [6.07, 6.45) is -0.772. The van der Waals surface area contributed by atoms with E-state index in [-0.39, 0.29) is 18.3 Å². The Morgan fingerprint density at radius 2 is 1.52 bits per heavy atom. The maximum Gasteiger partial charge on any atom is 0.326 e. The molecule has 134 valence electrons. The molecule has 0 aromatic heterocycles. The molecular weight excluding hydrogens is 302 g/mol. The lowest BCUT2D eigenvalue weighted by atomic mass is 10.00. The number of hydrogen-bond acceptors (Lipinski definition) is 5. The number of rotatable bonds is 9. The molecule has 0 aromatic carbocycles. The summed E-state index contributed by atoms with van der Waals surface area (Å²) in [6, 6.07) is -3.11. The molecule has 0 unspecified atom stereocenters. The van der Waals surface area contributed by atoms with E-state index in [0.29, 0.717) is 0 Å². The first-order chi connectivity index (χ1) is 10.5. The Hall–Kier alpha value is -1.67. The fraction of sp³-hybridized carbons (Fsp3) is 0.800. The Kier molecular flexibility index (Phi) is 8.78. The first-order valence-corrected chi connectivity index (χ1v) is 7.74. The molecular formula is C15H29N3O5. The van der Waals surface area contributed by atoms with Gasteiger partial charge in [-0.2, -0.15) is 0 Å². The third-order valence-corrected chi connectivity index (χ3v) is 3.39. The standard InChI is InChI=1S/C15H29N3O5/c1-7(2)6-10(15(22)23)17-14(21)12(8(3)4)18-13(20)11(16)9(5)19/h7-12,19H,6,16H2,1-5H3,(H,17,21)(H,18,20)(H,22,23)/t9-,10-,11+,12+/m1/s1. The molecule has 0 spiro atoms. The van der Waals surface area contributed by atoms with Crippen LogP contribution < -0.4 is 16.4 Å². The van der Waals surface area contributed by atoms with E-state index in [0.717, 1.165) is 0 Å². The third kappa shape index (κ3) is 7.43. The molecule has 0 aliphatic carbocycles. The summed E-state index contributed by atoms with van der Waals surface area (Å²) in [5.41, 5.74) is 5.54. The van der Waals surface area contributed by atoms with Gasteiger partial charge in [0.1, 0.15) is 18.1 Å². The van der Waals surface area contributed by atoms with Crippen LogP contribution in [-0.2, 0) is 14.4 Å². The lowest BCUT2D eigenvalue weighted by Crippen LogP contribution is -2.58. The quantitative estimate of drug-likeness (QED) is 0.384. The van der Waals surface area contributed by atoms with Crippen molar-refractivity contribution in [2.24, 2.45) is 17.6 Å². The zero-order valence-electron chi connectivity index (χ0n) is 14.4. The van der Waals surface area contributed by atoms with Crippen LogP contribution in [-0.4, -0.2) is 52.2 Å².